The SMILES string of the molecule is CN1CCN(S(=O)(=O)c2cccc(F)c2C(N)=S)CC1. The largest absolute Gasteiger partial charge is 0.389 e. The van der Waals surface area contributed by atoms with Crippen molar-refractivity contribution in [2.45, 2.75) is 4.90 Å². The van der Waals surface area contributed by atoms with E-state index in [0.717, 1.165) is 6.07 Å². The Labute approximate surface area is 123 Å². The quantitative estimate of drug-likeness (QED) is 0.817. The average molecular weight is 317 g/mol. The Kier molecular flexibility index (Phi) is 4.38. The third kappa shape index (κ3) is 2.83. The second-order valence-electron chi connectivity index (χ2n) is 4.68. The number of rotatable bonds is 3. The van der Waals surface area contributed by atoms with Crippen molar-refractivity contribution in [2.75, 3.05) is 33.2 Å². The Morgan fingerprint density at radius 2 is 1.90 bits per heavy atom. The zero-order valence-corrected chi connectivity index (χ0v) is 12.7. The molecule has 1 heterocycles. The first-order valence-electron chi connectivity index (χ1n) is 6.11. The van der Waals surface area contributed by atoms with Crippen LogP contribution in [0.2, 0.25) is 0 Å². The minimum atomic E-state index is -3.78. The number of sulfonamides is 1. The van der Waals surface area contributed by atoms with E-state index in [4.69, 9.17) is 18.0 Å². The summed E-state index contributed by atoms with van der Waals surface area (Å²) in [5, 5.41) is 0. The number of benzene rings is 1. The van der Waals surface area contributed by atoms with Crippen LogP contribution in [0.3, 0.4) is 0 Å². The highest BCUT2D eigenvalue weighted by molar-refractivity contribution is 7.89. The molecule has 2 rings (SSSR count). The van der Waals surface area contributed by atoms with Crippen LogP contribution in [-0.4, -0.2) is 55.8 Å². The lowest BCUT2D eigenvalue weighted by Gasteiger charge is -2.32. The molecule has 0 atom stereocenters. The minimum Gasteiger partial charge on any atom is -0.389 e. The van der Waals surface area contributed by atoms with Crippen LogP contribution in [0.25, 0.3) is 0 Å². The number of hydrogen-bond acceptors (Lipinski definition) is 4. The van der Waals surface area contributed by atoms with Gasteiger partial charge < -0.3 is 10.6 Å². The van der Waals surface area contributed by atoms with E-state index in [9.17, 15) is 12.8 Å². The minimum absolute atomic E-state index is 0.158. The zero-order chi connectivity index (χ0) is 14.9. The van der Waals surface area contributed by atoms with E-state index in [0.29, 0.717) is 26.2 Å². The van der Waals surface area contributed by atoms with Crippen LogP contribution in [0.1, 0.15) is 5.56 Å². The molecule has 0 radical (unpaired) electrons. The number of likely N-dealkylation sites (N-methyl/N-ethyl adjacent to an activating group) is 1. The molecule has 0 spiro atoms. The van der Waals surface area contributed by atoms with Crippen LogP contribution >= 0.6 is 12.2 Å². The van der Waals surface area contributed by atoms with Gasteiger partial charge in [-0.2, -0.15) is 4.31 Å². The number of piperazine rings is 1. The Morgan fingerprint density at radius 3 is 2.45 bits per heavy atom. The van der Waals surface area contributed by atoms with Crippen molar-refractivity contribution in [2.24, 2.45) is 5.73 Å². The zero-order valence-electron chi connectivity index (χ0n) is 11.0. The Bertz CT molecular complexity index is 626. The van der Waals surface area contributed by atoms with E-state index in [1.54, 1.807) is 0 Å². The van der Waals surface area contributed by atoms with Gasteiger partial charge in [-0.3, -0.25) is 0 Å². The van der Waals surface area contributed by atoms with Gasteiger partial charge in [0, 0.05) is 26.2 Å². The molecule has 0 bridgehead atoms. The molecule has 8 heteroatoms. The predicted octanol–water partition coefficient (Wildman–Crippen LogP) is 0.396. The van der Waals surface area contributed by atoms with E-state index in [1.807, 2.05) is 11.9 Å². The molecule has 0 saturated carbocycles. The van der Waals surface area contributed by atoms with Crippen molar-refractivity contribution < 1.29 is 12.8 Å². The second-order valence-corrected chi connectivity index (χ2v) is 7.03. The Morgan fingerprint density at radius 1 is 1.30 bits per heavy atom. The van der Waals surface area contributed by atoms with Crippen LogP contribution in [0.5, 0.6) is 0 Å². The lowest BCUT2D eigenvalue weighted by molar-refractivity contribution is 0.222. The fourth-order valence-corrected chi connectivity index (χ4v) is 4.04. The van der Waals surface area contributed by atoms with Gasteiger partial charge in [-0.05, 0) is 19.2 Å². The van der Waals surface area contributed by atoms with E-state index in [2.05, 4.69) is 0 Å². The fraction of sp³-hybridized carbons (Fsp3) is 0.417. The van der Waals surface area contributed by atoms with Crippen molar-refractivity contribution in [1.29, 1.82) is 0 Å². The normalized spacial score (nSPS) is 18.1. The van der Waals surface area contributed by atoms with Crippen molar-refractivity contribution in [3.63, 3.8) is 0 Å². The van der Waals surface area contributed by atoms with Gasteiger partial charge in [0.05, 0.1) is 10.5 Å². The predicted molar refractivity (Wildman–Crippen MR) is 78.5 cm³/mol. The summed E-state index contributed by atoms with van der Waals surface area (Å²) in [6.45, 7) is 2.01. The van der Waals surface area contributed by atoms with E-state index >= 15 is 0 Å². The Hall–Kier alpha value is -1.09. The molecule has 0 amide bonds. The molecule has 1 fully saturated rings. The molecule has 2 N–H and O–H groups in total. The molecular weight excluding hydrogens is 301 g/mol. The first kappa shape index (κ1) is 15.3. The third-order valence-corrected chi connectivity index (χ3v) is 5.45. The van der Waals surface area contributed by atoms with Crippen LogP contribution in [-0.2, 0) is 10.0 Å². The summed E-state index contributed by atoms with van der Waals surface area (Å²) >= 11 is 4.77. The molecule has 0 aliphatic carbocycles. The molecule has 1 aliphatic rings. The molecule has 0 unspecified atom stereocenters. The first-order valence-corrected chi connectivity index (χ1v) is 7.96. The maximum absolute atomic E-state index is 13.8. The van der Waals surface area contributed by atoms with Gasteiger partial charge in [0.25, 0.3) is 0 Å². The number of nitrogens with two attached hydrogens (primary N) is 1. The Balaban J connectivity index is 2.45. The van der Waals surface area contributed by atoms with Crippen molar-refractivity contribution >= 4 is 27.2 Å². The van der Waals surface area contributed by atoms with Gasteiger partial charge in [-0.15, -0.1) is 0 Å². The maximum atomic E-state index is 13.8. The van der Waals surface area contributed by atoms with Gasteiger partial charge in [-0.25, -0.2) is 12.8 Å². The molecule has 1 aromatic rings. The molecule has 110 valence electrons. The highest BCUT2D eigenvalue weighted by Crippen LogP contribution is 2.23. The van der Waals surface area contributed by atoms with Gasteiger partial charge in [0.2, 0.25) is 10.0 Å². The van der Waals surface area contributed by atoms with E-state index in [-0.39, 0.29) is 15.4 Å². The summed E-state index contributed by atoms with van der Waals surface area (Å²) < 4.78 is 40.3. The van der Waals surface area contributed by atoms with Gasteiger partial charge in [0.1, 0.15) is 10.8 Å². The van der Waals surface area contributed by atoms with Crippen molar-refractivity contribution in [3.05, 3.63) is 29.6 Å². The van der Waals surface area contributed by atoms with Crippen LogP contribution < -0.4 is 5.73 Å². The van der Waals surface area contributed by atoms with Crippen LogP contribution in [0.4, 0.5) is 4.39 Å². The molecular formula is C12H16FN3O2S2. The van der Waals surface area contributed by atoms with Crippen LogP contribution in [0, 0.1) is 5.82 Å². The van der Waals surface area contributed by atoms with Crippen molar-refractivity contribution in [1.82, 2.24) is 9.21 Å². The van der Waals surface area contributed by atoms with E-state index in [1.165, 1.54) is 16.4 Å². The van der Waals surface area contributed by atoms with Crippen molar-refractivity contribution in [3.8, 4) is 0 Å². The van der Waals surface area contributed by atoms with Gasteiger partial charge in [0.15, 0.2) is 0 Å². The monoisotopic (exact) mass is 317 g/mol. The summed E-state index contributed by atoms with van der Waals surface area (Å²) in [6.07, 6.45) is 0. The molecule has 1 saturated heterocycles. The maximum Gasteiger partial charge on any atom is 0.243 e. The van der Waals surface area contributed by atoms with Gasteiger partial charge >= 0.3 is 0 Å². The average Bonchev–Trinajstić information content (AvgIpc) is 2.38. The fourth-order valence-electron chi connectivity index (χ4n) is 2.13. The lowest BCUT2D eigenvalue weighted by atomic mass is 10.2. The van der Waals surface area contributed by atoms with Gasteiger partial charge in [-0.1, -0.05) is 18.3 Å². The molecule has 1 aliphatic heterocycles. The molecule has 1 aromatic carbocycles. The smallest absolute Gasteiger partial charge is 0.243 e. The summed E-state index contributed by atoms with van der Waals surface area (Å²) in [6, 6.07) is 3.84. The number of hydrogen-bond donors (Lipinski definition) is 1. The number of halogens is 1. The first-order chi connectivity index (χ1) is 9.34. The molecule has 5 nitrogen and oxygen atoms in total. The lowest BCUT2D eigenvalue weighted by Crippen LogP contribution is -2.47. The summed E-state index contributed by atoms with van der Waals surface area (Å²) in [7, 11) is -1.86. The van der Waals surface area contributed by atoms with Crippen LogP contribution in [0.15, 0.2) is 23.1 Å². The topological polar surface area (TPSA) is 66.6 Å². The molecule has 20 heavy (non-hydrogen) atoms. The summed E-state index contributed by atoms with van der Waals surface area (Å²) in [4.78, 5) is 1.62. The second kappa shape index (κ2) is 5.72. The highest BCUT2D eigenvalue weighted by atomic mass is 32.2. The highest BCUT2D eigenvalue weighted by Gasteiger charge is 2.31. The van der Waals surface area contributed by atoms with E-state index < -0.39 is 15.8 Å². The molecule has 0 aromatic heterocycles. The standard InChI is InChI=1S/C12H16FN3O2S2/c1-15-5-7-16(8-6-15)20(17,18)10-4-2-3-9(13)11(10)12(14)19/h2-4H,5-8H2,1H3,(H2,14,19). The summed E-state index contributed by atoms with van der Waals surface area (Å²) in [5.41, 5.74) is 5.26. The third-order valence-electron chi connectivity index (χ3n) is 3.30. The summed E-state index contributed by atoms with van der Waals surface area (Å²) in [5.74, 6) is -0.715. The number of nitrogens with zero attached hydrogens (tertiary/aromatic N) is 2. The number of thiocarbonyl (C=S) groups is 1.